The molecule has 2 fully saturated rings. The van der Waals surface area contributed by atoms with E-state index in [4.69, 9.17) is 0 Å². The minimum absolute atomic E-state index is 0.479. The normalized spacial score (nSPS) is 39.6. The first-order chi connectivity index (χ1) is 8.94. The van der Waals surface area contributed by atoms with Crippen LogP contribution in [-0.2, 0) is 0 Å². The third-order valence-electron chi connectivity index (χ3n) is 5.64. The minimum Gasteiger partial charge on any atom is -0.313 e. The second-order valence-corrected chi connectivity index (χ2v) is 7.80. The van der Waals surface area contributed by atoms with Gasteiger partial charge in [-0.1, -0.05) is 27.7 Å². The molecule has 4 unspecified atom stereocenters. The molecule has 1 saturated heterocycles. The van der Waals surface area contributed by atoms with E-state index in [0.717, 1.165) is 24.4 Å². The van der Waals surface area contributed by atoms with Crippen LogP contribution in [-0.4, -0.2) is 36.6 Å². The summed E-state index contributed by atoms with van der Waals surface area (Å²) in [5.74, 6) is 1.78. The van der Waals surface area contributed by atoms with Crippen molar-refractivity contribution in [2.75, 3.05) is 19.6 Å². The Hall–Kier alpha value is -0.0800. The first kappa shape index (κ1) is 15.3. The molecule has 2 aliphatic rings. The fourth-order valence-corrected chi connectivity index (χ4v) is 4.41. The number of likely N-dealkylation sites (tertiary alicyclic amines) is 1. The van der Waals surface area contributed by atoms with Crippen molar-refractivity contribution < 1.29 is 0 Å². The molecule has 1 saturated carbocycles. The number of piperidine rings is 1. The van der Waals surface area contributed by atoms with E-state index in [0.29, 0.717) is 11.5 Å². The Bertz CT molecular complexity index is 287. The maximum atomic E-state index is 3.77. The van der Waals surface area contributed by atoms with Crippen LogP contribution in [0.3, 0.4) is 0 Å². The van der Waals surface area contributed by atoms with Gasteiger partial charge >= 0.3 is 0 Å². The molecule has 0 aromatic carbocycles. The maximum absolute atomic E-state index is 3.77. The quantitative estimate of drug-likeness (QED) is 0.837. The van der Waals surface area contributed by atoms with Crippen molar-refractivity contribution in [3.8, 4) is 0 Å². The van der Waals surface area contributed by atoms with Gasteiger partial charge < -0.3 is 10.2 Å². The van der Waals surface area contributed by atoms with Gasteiger partial charge in [0.1, 0.15) is 0 Å². The summed E-state index contributed by atoms with van der Waals surface area (Å²) in [5, 5.41) is 3.77. The van der Waals surface area contributed by atoms with Crippen molar-refractivity contribution in [2.24, 2.45) is 17.3 Å². The Morgan fingerprint density at radius 3 is 2.58 bits per heavy atom. The number of hydrogen-bond donors (Lipinski definition) is 1. The highest BCUT2D eigenvalue weighted by Crippen LogP contribution is 2.42. The molecule has 2 rings (SSSR count). The molecule has 112 valence electrons. The molecular weight excluding hydrogens is 232 g/mol. The molecule has 1 N–H and O–H groups in total. The van der Waals surface area contributed by atoms with Crippen LogP contribution < -0.4 is 5.32 Å². The van der Waals surface area contributed by atoms with Crippen LogP contribution in [0.2, 0.25) is 0 Å². The van der Waals surface area contributed by atoms with E-state index in [1.54, 1.807) is 0 Å². The molecule has 2 nitrogen and oxygen atoms in total. The number of nitrogens with one attached hydrogen (secondary N) is 1. The van der Waals surface area contributed by atoms with Crippen molar-refractivity contribution in [3.63, 3.8) is 0 Å². The molecule has 0 aromatic rings. The summed E-state index contributed by atoms with van der Waals surface area (Å²) in [6.45, 7) is 15.7. The Labute approximate surface area is 120 Å². The molecule has 0 spiro atoms. The summed E-state index contributed by atoms with van der Waals surface area (Å²) < 4.78 is 0. The van der Waals surface area contributed by atoms with E-state index in [-0.39, 0.29) is 0 Å². The molecule has 2 heteroatoms. The van der Waals surface area contributed by atoms with Gasteiger partial charge in [0, 0.05) is 18.6 Å². The predicted molar refractivity (Wildman–Crippen MR) is 83.4 cm³/mol. The SMILES string of the molecule is CCNC1C(CN2CCC(C)CC2C)CCC1(C)C. The first-order valence-corrected chi connectivity index (χ1v) is 8.41. The Kier molecular flexibility index (Phi) is 4.94. The Morgan fingerprint density at radius 1 is 1.21 bits per heavy atom. The van der Waals surface area contributed by atoms with Gasteiger partial charge in [0.2, 0.25) is 0 Å². The third-order valence-corrected chi connectivity index (χ3v) is 5.64. The average Bonchev–Trinajstić information content (AvgIpc) is 2.60. The zero-order chi connectivity index (χ0) is 14.0. The predicted octanol–water partition coefficient (Wildman–Crippen LogP) is 3.52. The second kappa shape index (κ2) is 6.13. The lowest BCUT2D eigenvalue weighted by atomic mass is 9.84. The van der Waals surface area contributed by atoms with Crippen LogP contribution >= 0.6 is 0 Å². The monoisotopic (exact) mass is 266 g/mol. The third kappa shape index (κ3) is 3.52. The van der Waals surface area contributed by atoms with E-state index in [1.165, 1.54) is 38.8 Å². The van der Waals surface area contributed by atoms with Gasteiger partial charge in [-0.2, -0.15) is 0 Å². The van der Waals surface area contributed by atoms with Gasteiger partial charge in [-0.25, -0.2) is 0 Å². The summed E-state index contributed by atoms with van der Waals surface area (Å²) >= 11 is 0. The minimum atomic E-state index is 0.479. The molecule has 0 radical (unpaired) electrons. The Morgan fingerprint density at radius 2 is 1.95 bits per heavy atom. The van der Waals surface area contributed by atoms with Crippen LogP contribution in [0.15, 0.2) is 0 Å². The molecule has 1 heterocycles. The fraction of sp³-hybridized carbons (Fsp3) is 1.00. The van der Waals surface area contributed by atoms with Gasteiger partial charge in [-0.15, -0.1) is 0 Å². The average molecular weight is 266 g/mol. The van der Waals surface area contributed by atoms with E-state index >= 15 is 0 Å². The zero-order valence-electron chi connectivity index (χ0n) is 13.7. The van der Waals surface area contributed by atoms with Crippen LogP contribution in [0.5, 0.6) is 0 Å². The van der Waals surface area contributed by atoms with Crippen LogP contribution in [0.4, 0.5) is 0 Å². The highest BCUT2D eigenvalue weighted by atomic mass is 15.2. The van der Waals surface area contributed by atoms with E-state index < -0.39 is 0 Å². The van der Waals surface area contributed by atoms with Gasteiger partial charge in [-0.3, -0.25) is 0 Å². The topological polar surface area (TPSA) is 15.3 Å². The summed E-state index contributed by atoms with van der Waals surface area (Å²) in [5.41, 5.74) is 0.479. The van der Waals surface area contributed by atoms with Gasteiger partial charge in [0.05, 0.1) is 0 Å². The largest absolute Gasteiger partial charge is 0.313 e. The molecular formula is C17H34N2. The lowest BCUT2D eigenvalue weighted by Crippen LogP contribution is -2.49. The van der Waals surface area contributed by atoms with E-state index in [2.05, 4.69) is 44.8 Å². The molecule has 0 amide bonds. The molecule has 0 aromatic heterocycles. The van der Waals surface area contributed by atoms with Crippen LogP contribution in [0.25, 0.3) is 0 Å². The highest BCUT2D eigenvalue weighted by Gasteiger charge is 2.42. The standard InChI is InChI=1S/C17H34N2/c1-6-18-16-15(7-9-17(16,4)5)12-19-10-8-13(2)11-14(19)3/h13-16,18H,6-12H2,1-5H3. The van der Waals surface area contributed by atoms with Crippen molar-refractivity contribution in [1.82, 2.24) is 10.2 Å². The Balaban J connectivity index is 1.94. The summed E-state index contributed by atoms with van der Waals surface area (Å²) in [4.78, 5) is 2.76. The first-order valence-electron chi connectivity index (χ1n) is 8.41. The van der Waals surface area contributed by atoms with Gasteiger partial charge in [0.15, 0.2) is 0 Å². The zero-order valence-corrected chi connectivity index (χ0v) is 13.7. The molecule has 0 bridgehead atoms. The van der Waals surface area contributed by atoms with Crippen LogP contribution in [0.1, 0.15) is 60.3 Å². The van der Waals surface area contributed by atoms with Crippen molar-refractivity contribution in [2.45, 2.75) is 72.4 Å². The summed E-state index contributed by atoms with van der Waals surface area (Å²) in [6.07, 6.45) is 5.58. The number of nitrogens with zero attached hydrogens (tertiary/aromatic N) is 1. The molecule has 1 aliphatic carbocycles. The summed E-state index contributed by atoms with van der Waals surface area (Å²) in [7, 11) is 0. The highest BCUT2D eigenvalue weighted by molar-refractivity contribution is 4.97. The second-order valence-electron chi connectivity index (χ2n) is 7.80. The van der Waals surface area contributed by atoms with E-state index in [9.17, 15) is 0 Å². The lowest BCUT2D eigenvalue weighted by molar-refractivity contribution is 0.0978. The van der Waals surface area contributed by atoms with Crippen LogP contribution in [0, 0.1) is 17.3 Å². The molecule has 4 atom stereocenters. The maximum Gasteiger partial charge on any atom is 0.0159 e. The van der Waals surface area contributed by atoms with Crippen molar-refractivity contribution in [1.29, 1.82) is 0 Å². The van der Waals surface area contributed by atoms with Crippen molar-refractivity contribution in [3.05, 3.63) is 0 Å². The molecule has 1 aliphatic heterocycles. The summed E-state index contributed by atoms with van der Waals surface area (Å²) in [6, 6.07) is 1.50. The van der Waals surface area contributed by atoms with Crippen molar-refractivity contribution >= 4 is 0 Å². The van der Waals surface area contributed by atoms with Gasteiger partial charge in [-0.05, 0) is 62.9 Å². The van der Waals surface area contributed by atoms with E-state index in [1.807, 2.05) is 0 Å². The lowest BCUT2D eigenvalue weighted by Gasteiger charge is -2.40. The molecule has 19 heavy (non-hydrogen) atoms. The smallest absolute Gasteiger partial charge is 0.0159 e. The number of rotatable bonds is 4. The van der Waals surface area contributed by atoms with Gasteiger partial charge in [0.25, 0.3) is 0 Å². The number of hydrogen-bond acceptors (Lipinski definition) is 2. The fourth-order valence-electron chi connectivity index (χ4n) is 4.41.